The number of esters is 1. The minimum absolute atomic E-state index is 0.0794. The average molecular weight is 385 g/mol. The predicted octanol–water partition coefficient (Wildman–Crippen LogP) is 2.40. The summed E-state index contributed by atoms with van der Waals surface area (Å²) < 4.78 is 10.1. The van der Waals surface area contributed by atoms with E-state index in [4.69, 9.17) is 9.47 Å². The number of nitrogens with zero attached hydrogens (tertiary/aromatic N) is 2. The summed E-state index contributed by atoms with van der Waals surface area (Å²) in [5.41, 5.74) is 3.34. The lowest BCUT2D eigenvalue weighted by atomic mass is 10.1. The minimum Gasteiger partial charge on any atom is -0.460 e. The summed E-state index contributed by atoms with van der Waals surface area (Å²) in [6.45, 7) is 6.92. The summed E-state index contributed by atoms with van der Waals surface area (Å²) >= 11 is 0. The number of methoxy groups -OCH3 is 1. The second-order valence-corrected chi connectivity index (χ2v) is 6.87. The van der Waals surface area contributed by atoms with Crippen molar-refractivity contribution in [1.82, 2.24) is 9.88 Å². The maximum absolute atomic E-state index is 13.0. The molecule has 7 heteroatoms. The molecule has 0 bridgehead atoms. The van der Waals surface area contributed by atoms with Gasteiger partial charge in [0, 0.05) is 44.7 Å². The molecule has 0 atom stereocenters. The second-order valence-electron chi connectivity index (χ2n) is 6.87. The number of benzene rings is 1. The molecule has 0 spiro atoms. The van der Waals surface area contributed by atoms with E-state index < -0.39 is 5.97 Å². The smallest absolute Gasteiger partial charge is 0.340 e. The molecule has 0 aliphatic carbocycles. The number of anilines is 1. The van der Waals surface area contributed by atoms with Crippen LogP contribution in [0.1, 0.15) is 32.1 Å². The van der Waals surface area contributed by atoms with Crippen LogP contribution in [0.15, 0.2) is 30.3 Å². The first-order chi connectivity index (χ1) is 13.5. The first-order valence-corrected chi connectivity index (χ1v) is 9.47. The number of aromatic amines is 1. The molecule has 0 radical (unpaired) electrons. The molecule has 1 aromatic carbocycles. The first kappa shape index (κ1) is 19.9. The molecule has 0 unspecified atom stereocenters. The highest BCUT2D eigenvalue weighted by atomic mass is 16.6. The number of piperazine rings is 1. The summed E-state index contributed by atoms with van der Waals surface area (Å²) in [7, 11) is 1.55. The Morgan fingerprint density at radius 2 is 1.71 bits per heavy atom. The van der Waals surface area contributed by atoms with Crippen LogP contribution in [0.4, 0.5) is 5.69 Å². The summed E-state index contributed by atoms with van der Waals surface area (Å²) in [4.78, 5) is 32.6. The maximum atomic E-state index is 13.0. The fourth-order valence-electron chi connectivity index (χ4n) is 3.52. The number of aromatic nitrogens is 1. The zero-order valence-electron chi connectivity index (χ0n) is 16.7. The lowest BCUT2D eigenvalue weighted by molar-refractivity contribution is 0.0387. The van der Waals surface area contributed by atoms with E-state index in [1.54, 1.807) is 21.0 Å². The van der Waals surface area contributed by atoms with Gasteiger partial charge in [-0.2, -0.15) is 0 Å². The van der Waals surface area contributed by atoms with Crippen LogP contribution in [0, 0.1) is 13.8 Å². The molecular weight excluding hydrogens is 358 g/mol. The van der Waals surface area contributed by atoms with Crippen molar-refractivity contribution in [3.8, 4) is 0 Å². The van der Waals surface area contributed by atoms with Crippen molar-refractivity contribution < 1.29 is 19.1 Å². The predicted molar refractivity (Wildman–Crippen MR) is 107 cm³/mol. The van der Waals surface area contributed by atoms with Gasteiger partial charge in [-0.3, -0.25) is 4.79 Å². The van der Waals surface area contributed by atoms with Crippen molar-refractivity contribution in [3.63, 3.8) is 0 Å². The van der Waals surface area contributed by atoms with Crippen LogP contribution in [-0.2, 0) is 9.47 Å². The van der Waals surface area contributed by atoms with Crippen LogP contribution in [0.3, 0.4) is 0 Å². The van der Waals surface area contributed by atoms with Crippen molar-refractivity contribution in [1.29, 1.82) is 0 Å². The van der Waals surface area contributed by atoms with E-state index in [2.05, 4.69) is 22.0 Å². The van der Waals surface area contributed by atoms with Crippen LogP contribution in [0.25, 0.3) is 0 Å². The Morgan fingerprint density at radius 3 is 2.36 bits per heavy atom. The molecule has 1 aromatic heterocycles. The molecule has 3 rings (SSSR count). The molecule has 1 fully saturated rings. The molecule has 2 aromatic rings. The van der Waals surface area contributed by atoms with E-state index in [-0.39, 0.29) is 12.5 Å². The highest BCUT2D eigenvalue weighted by molar-refractivity contribution is 6.00. The number of nitrogens with one attached hydrogen (secondary N) is 1. The van der Waals surface area contributed by atoms with Gasteiger partial charge in [0.2, 0.25) is 0 Å². The van der Waals surface area contributed by atoms with E-state index in [1.807, 2.05) is 23.1 Å². The van der Waals surface area contributed by atoms with Gasteiger partial charge in [-0.25, -0.2) is 4.79 Å². The van der Waals surface area contributed by atoms with Crippen molar-refractivity contribution in [3.05, 3.63) is 52.8 Å². The average Bonchev–Trinajstić information content (AvgIpc) is 3.02. The van der Waals surface area contributed by atoms with Gasteiger partial charge in [-0.15, -0.1) is 0 Å². The van der Waals surface area contributed by atoms with Crippen molar-refractivity contribution in [2.75, 3.05) is 51.4 Å². The van der Waals surface area contributed by atoms with E-state index in [0.717, 1.165) is 13.1 Å². The molecular formula is C21H27N3O4. The molecule has 1 aliphatic rings. The second kappa shape index (κ2) is 8.93. The molecule has 1 amide bonds. The van der Waals surface area contributed by atoms with E-state index >= 15 is 0 Å². The molecule has 7 nitrogen and oxygen atoms in total. The topological polar surface area (TPSA) is 74.9 Å². The third-order valence-corrected chi connectivity index (χ3v) is 5.06. The van der Waals surface area contributed by atoms with Crippen LogP contribution in [0.5, 0.6) is 0 Å². The van der Waals surface area contributed by atoms with Crippen LogP contribution < -0.4 is 4.90 Å². The first-order valence-electron chi connectivity index (χ1n) is 9.47. The van der Waals surface area contributed by atoms with Crippen LogP contribution >= 0.6 is 0 Å². The van der Waals surface area contributed by atoms with Gasteiger partial charge in [0.15, 0.2) is 0 Å². The monoisotopic (exact) mass is 385 g/mol. The SMILES string of the molecule is COCCOC(=O)c1c(C)[nH]c(C(=O)N2CCN(c3ccccc3)CC2)c1C. The number of hydrogen-bond donors (Lipinski definition) is 1. The van der Waals surface area contributed by atoms with Crippen LogP contribution in [0.2, 0.25) is 0 Å². The lowest BCUT2D eigenvalue weighted by Gasteiger charge is -2.36. The zero-order valence-corrected chi connectivity index (χ0v) is 16.7. The van der Waals surface area contributed by atoms with Gasteiger partial charge in [-0.05, 0) is 31.5 Å². The van der Waals surface area contributed by atoms with E-state index in [9.17, 15) is 9.59 Å². The molecule has 1 aliphatic heterocycles. The Labute approximate surface area is 165 Å². The fourth-order valence-corrected chi connectivity index (χ4v) is 3.52. The van der Waals surface area contributed by atoms with Gasteiger partial charge in [0.25, 0.3) is 5.91 Å². The molecule has 0 saturated carbocycles. The largest absolute Gasteiger partial charge is 0.460 e. The number of ether oxygens (including phenoxy) is 2. The number of amides is 1. The van der Waals surface area contributed by atoms with Crippen LogP contribution in [-0.4, -0.2) is 68.3 Å². The summed E-state index contributed by atoms with van der Waals surface area (Å²) in [6, 6.07) is 10.2. The molecule has 28 heavy (non-hydrogen) atoms. The Kier molecular flexibility index (Phi) is 6.36. The Balaban J connectivity index is 1.67. The number of para-hydroxylation sites is 1. The number of H-pyrrole nitrogens is 1. The lowest BCUT2D eigenvalue weighted by Crippen LogP contribution is -2.49. The Morgan fingerprint density at radius 1 is 1.04 bits per heavy atom. The quantitative estimate of drug-likeness (QED) is 0.611. The normalized spacial score (nSPS) is 14.2. The number of carbonyl (C=O) groups excluding carboxylic acids is 2. The van der Waals surface area contributed by atoms with Gasteiger partial charge in [0.1, 0.15) is 12.3 Å². The summed E-state index contributed by atoms with van der Waals surface area (Å²) in [5, 5.41) is 0. The van der Waals surface area contributed by atoms with Gasteiger partial charge >= 0.3 is 5.97 Å². The number of carbonyl (C=O) groups is 2. The maximum Gasteiger partial charge on any atom is 0.340 e. The summed E-state index contributed by atoms with van der Waals surface area (Å²) in [6.07, 6.45) is 0. The number of rotatable bonds is 6. The Hall–Kier alpha value is -2.80. The van der Waals surface area contributed by atoms with Crippen molar-refractivity contribution >= 4 is 17.6 Å². The van der Waals surface area contributed by atoms with Crippen molar-refractivity contribution in [2.45, 2.75) is 13.8 Å². The van der Waals surface area contributed by atoms with Crippen molar-refractivity contribution in [2.24, 2.45) is 0 Å². The molecule has 1 N–H and O–H groups in total. The standard InChI is InChI=1S/C21H27N3O4/c1-15-18(21(26)28-14-13-27-3)16(2)22-19(15)20(25)24-11-9-23(10-12-24)17-7-5-4-6-8-17/h4-8,22H,9-14H2,1-3H3. The van der Waals surface area contributed by atoms with Gasteiger partial charge in [0.05, 0.1) is 12.2 Å². The molecule has 1 saturated heterocycles. The van der Waals surface area contributed by atoms with E-state index in [1.165, 1.54) is 5.69 Å². The van der Waals surface area contributed by atoms with E-state index in [0.29, 0.717) is 42.2 Å². The molecule has 2 heterocycles. The van der Waals surface area contributed by atoms with Gasteiger partial charge in [-0.1, -0.05) is 18.2 Å². The zero-order chi connectivity index (χ0) is 20.1. The number of hydrogen-bond acceptors (Lipinski definition) is 5. The van der Waals surface area contributed by atoms with Gasteiger partial charge < -0.3 is 24.3 Å². The molecule has 150 valence electrons. The third-order valence-electron chi connectivity index (χ3n) is 5.06. The fraction of sp³-hybridized carbons (Fsp3) is 0.429. The highest BCUT2D eigenvalue weighted by Crippen LogP contribution is 2.22. The Bertz CT molecular complexity index is 824. The minimum atomic E-state index is -0.434. The summed E-state index contributed by atoms with van der Waals surface area (Å²) in [5.74, 6) is -0.513. The number of aryl methyl sites for hydroxylation is 1. The third kappa shape index (κ3) is 4.20. The highest BCUT2D eigenvalue weighted by Gasteiger charge is 2.28.